The van der Waals surface area contributed by atoms with Crippen molar-refractivity contribution < 1.29 is 14.3 Å². The Labute approximate surface area is 197 Å². The van der Waals surface area contributed by atoms with Crippen LogP contribution in [0.3, 0.4) is 0 Å². The van der Waals surface area contributed by atoms with Crippen molar-refractivity contribution >= 4 is 11.9 Å². The first kappa shape index (κ1) is 23.5. The Morgan fingerprint density at radius 2 is 1.82 bits per heavy atom. The zero-order valence-corrected chi connectivity index (χ0v) is 19.9. The van der Waals surface area contributed by atoms with Crippen LogP contribution in [0, 0.1) is 5.92 Å². The van der Waals surface area contributed by atoms with E-state index in [1.807, 2.05) is 12.1 Å². The fourth-order valence-corrected chi connectivity index (χ4v) is 5.23. The number of hydrogen-bond acceptors (Lipinski definition) is 4. The van der Waals surface area contributed by atoms with Gasteiger partial charge in [-0.3, -0.25) is 4.79 Å². The van der Waals surface area contributed by atoms with Gasteiger partial charge in [-0.2, -0.15) is 0 Å². The zero-order chi connectivity index (χ0) is 23.2. The molecule has 1 saturated carbocycles. The van der Waals surface area contributed by atoms with Crippen molar-refractivity contribution in [2.45, 2.75) is 51.0 Å². The summed E-state index contributed by atoms with van der Waals surface area (Å²) in [6.45, 7) is 5.91. The summed E-state index contributed by atoms with van der Waals surface area (Å²) in [4.78, 5) is 28.8. The fourth-order valence-electron chi connectivity index (χ4n) is 5.23. The second-order valence-corrected chi connectivity index (χ2v) is 9.57. The molecule has 2 fully saturated rings. The van der Waals surface area contributed by atoms with E-state index in [-0.39, 0.29) is 11.9 Å². The predicted molar refractivity (Wildman–Crippen MR) is 130 cm³/mol. The average Bonchev–Trinajstić information content (AvgIpc) is 3.64. The number of piperidine rings is 1. The van der Waals surface area contributed by atoms with Crippen LogP contribution in [0.4, 0.5) is 0 Å². The molecule has 0 spiro atoms. The molecular weight excluding hydrogens is 412 g/mol. The molecule has 0 unspecified atom stereocenters. The summed E-state index contributed by atoms with van der Waals surface area (Å²) in [7, 11) is 1.42. The summed E-state index contributed by atoms with van der Waals surface area (Å²) in [6.07, 6.45) is 5.45. The van der Waals surface area contributed by atoms with E-state index in [1.54, 1.807) is 13.0 Å². The summed E-state index contributed by atoms with van der Waals surface area (Å²) < 4.78 is 4.82. The smallest absolute Gasteiger partial charge is 0.337 e. The first-order valence-corrected chi connectivity index (χ1v) is 12.3. The monoisotopic (exact) mass is 448 g/mol. The molecule has 0 bridgehead atoms. The molecule has 1 aliphatic carbocycles. The minimum Gasteiger partial charge on any atom is -0.465 e. The van der Waals surface area contributed by atoms with E-state index in [9.17, 15) is 9.59 Å². The number of hydrogen-bond donors (Lipinski definition) is 0. The number of rotatable bonds is 9. The van der Waals surface area contributed by atoms with Gasteiger partial charge in [0, 0.05) is 25.4 Å². The molecule has 0 radical (unpaired) electrons. The lowest BCUT2D eigenvalue weighted by molar-refractivity contribution is -0.130. The van der Waals surface area contributed by atoms with E-state index < -0.39 is 0 Å². The topological polar surface area (TPSA) is 49.9 Å². The van der Waals surface area contributed by atoms with Gasteiger partial charge in [-0.15, -0.1) is 0 Å². The minimum absolute atomic E-state index is 0.218. The molecule has 0 N–H and O–H groups in total. The van der Waals surface area contributed by atoms with Crippen molar-refractivity contribution in [2.75, 3.05) is 33.3 Å². The molecule has 2 aliphatic rings. The molecule has 5 heteroatoms. The summed E-state index contributed by atoms with van der Waals surface area (Å²) in [5.74, 6) is 1.04. The second kappa shape index (κ2) is 11.0. The standard InChI is InChI=1S/C28H36N2O3/c1-21(31)30(27-19-26(27)24-10-4-3-5-11-24)20-23-13-16-29(17-14-23)15-7-9-22-8-6-12-25(18-22)28(32)33-2/h3-6,8,10-12,18,23,26-27H,7,9,13-17,19-20H2,1-2H3/t26-,27+/m1/s1. The maximum absolute atomic E-state index is 12.4. The molecule has 33 heavy (non-hydrogen) atoms. The van der Waals surface area contributed by atoms with E-state index in [4.69, 9.17) is 4.74 Å². The number of amides is 1. The Hall–Kier alpha value is -2.66. The summed E-state index contributed by atoms with van der Waals surface area (Å²) >= 11 is 0. The number of esters is 1. The van der Waals surface area contributed by atoms with E-state index in [0.29, 0.717) is 23.4 Å². The van der Waals surface area contributed by atoms with Crippen LogP contribution in [-0.4, -0.2) is 61.0 Å². The van der Waals surface area contributed by atoms with Crippen molar-refractivity contribution in [3.63, 3.8) is 0 Å². The molecular formula is C28H36N2O3. The van der Waals surface area contributed by atoms with Gasteiger partial charge in [0.05, 0.1) is 12.7 Å². The highest BCUT2D eigenvalue weighted by molar-refractivity contribution is 5.89. The largest absolute Gasteiger partial charge is 0.465 e. The molecule has 5 nitrogen and oxygen atoms in total. The molecule has 1 heterocycles. The lowest BCUT2D eigenvalue weighted by atomic mass is 9.95. The number of carbonyl (C=O) groups excluding carboxylic acids is 2. The van der Waals surface area contributed by atoms with Crippen LogP contribution in [0.5, 0.6) is 0 Å². The highest BCUT2D eigenvalue weighted by Crippen LogP contribution is 2.45. The van der Waals surface area contributed by atoms with E-state index in [0.717, 1.165) is 58.3 Å². The van der Waals surface area contributed by atoms with Crippen LogP contribution >= 0.6 is 0 Å². The first-order chi connectivity index (χ1) is 16.0. The van der Waals surface area contributed by atoms with Crippen molar-refractivity contribution in [1.29, 1.82) is 0 Å². The Morgan fingerprint density at radius 1 is 1.06 bits per heavy atom. The number of likely N-dealkylation sites (tertiary alicyclic amines) is 1. The predicted octanol–water partition coefficient (Wildman–Crippen LogP) is 4.52. The molecule has 2 aromatic carbocycles. The maximum atomic E-state index is 12.4. The van der Waals surface area contributed by atoms with Crippen molar-refractivity contribution in [3.05, 3.63) is 71.3 Å². The highest BCUT2D eigenvalue weighted by atomic mass is 16.5. The Kier molecular flexibility index (Phi) is 7.81. The highest BCUT2D eigenvalue weighted by Gasteiger charge is 2.44. The SMILES string of the molecule is COC(=O)c1cccc(CCCN2CCC(CN(C(C)=O)[C@H]3C[C@@H]3c3ccccc3)CC2)c1. The number of ether oxygens (including phenoxy) is 1. The van der Waals surface area contributed by atoms with E-state index in [1.165, 1.54) is 18.2 Å². The number of carbonyl (C=O) groups is 2. The molecule has 176 valence electrons. The number of methoxy groups -OCH3 is 1. The van der Waals surface area contributed by atoms with Crippen LogP contribution in [0.15, 0.2) is 54.6 Å². The molecule has 1 aliphatic heterocycles. The summed E-state index contributed by atoms with van der Waals surface area (Å²) in [5, 5.41) is 0. The summed E-state index contributed by atoms with van der Waals surface area (Å²) in [6, 6.07) is 18.7. The third-order valence-electron chi connectivity index (χ3n) is 7.24. The van der Waals surface area contributed by atoms with Crippen LogP contribution in [-0.2, 0) is 16.0 Å². The van der Waals surface area contributed by atoms with Gasteiger partial charge >= 0.3 is 5.97 Å². The number of aryl methyl sites for hydroxylation is 1. The molecule has 4 rings (SSSR count). The Balaban J connectivity index is 1.20. The van der Waals surface area contributed by atoms with Gasteiger partial charge in [-0.25, -0.2) is 4.79 Å². The lowest BCUT2D eigenvalue weighted by Gasteiger charge is -2.35. The molecule has 0 aromatic heterocycles. The zero-order valence-electron chi connectivity index (χ0n) is 19.9. The first-order valence-electron chi connectivity index (χ1n) is 12.3. The second-order valence-electron chi connectivity index (χ2n) is 9.57. The van der Waals surface area contributed by atoms with Gasteiger partial charge in [0.15, 0.2) is 0 Å². The number of nitrogens with zero attached hydrogens (tertiary/aromatic N) is 2. The van der Waals surface area contributed by atoms with Gasteiger partial charge in [0.2, 0.25) is 5.91 Å². The average molecular weight is 449 g/mol. The van der Waals surface area contributed by atoms with Crippen molar-refractivity contribution in [2.24, 2.45) is 5.92 Å². The van der Waals surface area contributed by atoms with E-state index in [2.05, 4.69) is 46.2 Å². The molecule has 1 saturated heterocycles. The molecule has 2 aromatic rings. The third kappa shape index (κ3) is 6.23. The minimum atomic E-state index is -0.278. The van der Waals surface area contributed by atoms with Crippen molar-refractivity contribution in [1.82, 2.24) is 9.80 Å². The Morgan fingerprint density at radius 3 is 2.52 bits per heavy atom. The maximum Gasteiger partial charge on any atom is 0.337 e. The van der Waals surface area contributed by atoms with Gasteiger partial charge in [0.25, 0.3) is 0 Å². The number of benzene rings is 2. The normalized spacial score (nSPS) is 20.9. The van der Waals surface area contributed by atoms with Crippen LogP contribution in [0.2, 0.25) is 0 Å². The van der Waals surface area contributed by atoms with Crippen LogP contribution < -0.4 is 0 Å². The Bertz CT molecular complexity index is 937. The van der Waals surface area contributed by atoms with Gasteiger partial charge < -0.3 is 14.5 Å². The van der Waals surface area contributed by atoms with Crippen molar-refractivity contribution in [3.8, 4) is 0 Å². The quantitative estimate of drug-likeness (QED) is 0.529. The molecule has 1 amide bonds. The summed E-state index contributed by atoms with van der Waals surface area (Å²) in [5.41, 5.74) is 3.17. The van der Waals surface area contributed by atoms with Gasteiger partial charge in [-0.1, -0.05) is 42.5 Å². The third-order valence-corrected chi connectivity index (χ3v) is 7.24. The van der Waals surface area contributed by atoms with Crippen LogP contribution in [0.1, 0.15) is 60.0 Å². The fraction of sp³-hybridized carbons (Fsp3) is 0.500. The van der Waals surface area contributed by atoms with Gasteiger partial charge in [0.1, 0.15) is 0 Å². The van der Waals surface area contributed by atoms with Gasteiger partial charge in [-0.05, 0) is 80.9 Å². The lowest BCUT2D eigenvalue weighted by Crippen LogP contribution is -2.41. The van der Waals surface area contributed by atoms with E-state index >= 15 is 0 Å². The van der Waals surface area contributed by atoms with Crippen LogP contribution in [0.25, 0.3) is 0 Å². The molecule has 2 atom stereocenters.